The molecule has 0 atom stereocenters. The molecule has 0 N–H and O–H groups in total. The quantitative estimate of drug-likeness (QED) is 0.625. The Morgan fingerprint density at radius 1 is 1.08 bits per heavy atom. The fraction of sp³-hybridized carbons (Fsp3) is 0.389. The molecule has 0 saturated heterocycles. The maximum absolute atomic E-state index is 11.9. The van der Waals surface area contributed by atoms with E-state index in [9.17, 15) is 4.79 Å². The number of hydrogen-bond acceptors (Lipinski definition) is 4. The minimum atomic E-state index is -0.393. The molecule has 6 heteroatoms. The van der Waals surface area contributed by atoms with Crippen molar-refractivity contribution in [1.82, 2.24) is 19.5 Å². The van der Waals surface area contributed by atoms with E-state index in [1.807, 2.05) is 55.2 Å². The summed E-state index contributed by atoms with van der Waals surface area (Å²) in [5, 5.41) is 8.23. The van der Waals surface area contributed by atoms with Crippen molar-refractivity contribution in [1.29, 1.82) is 0 Å². The van der Waals surface area contributed by atoms with Crippen molar-refractivity contribution < 1.29 is 4.52 Å². The lowest BCUT2D eigenvalue weighted by Gasteiger charge is -2.07. The predicted molar refractivity (Wildman–Crippen MR) is 91.8 cm³/mol. The van der Waals surface area contributed by atoms with E-state index in [1.54, 1.807) is 4.57 Å². The average molecular weight is 326 g/mol. The molecule has 3 aromatic rings. The molecule has 0 aliphatic carbocycles. The molecule has 0 aliphatic heterocycles. The predicted octanol–water partition coefficient (Wildman–Crippen LogP) is 3.19. The molecule has 0 amide bonds. The van der Waals surface area contributed by atoms with Gasteiger partial charge in [-0.2, -0.15) is 5.10 Å². The zero-order valence-corrected chi connectivity index (χ0v) is 14.1. The van der Waals surface area contributed by atoms with Gasteiger partial charge < -0.3 is 0 Å². The number of benzene rings is 1. The van der Waals surface area contributed by atoms with Crippen LogP contribution in [0.4, 0.5) is 0 Å². The normalized spacial score (nSPS) is 11.1. The highest BCUT2D eigenvalue weighted by Gasteiger charge is 2.13. The minimum absolute atomic E-state index is 0.393. The number of aryl methyl sites for hydroxylation is 3. The van der Waals surface area contributed by atoms with Gasteiger partial charge in [0.05, 0.1) is 6.20 Å². The number of nitrogens with zero attached hydrogens (tertiary/aromatic N) is 4. The topological polar surface area (TPSA) is 65.8 Å². The summed E-state index contributed by atoms with van der Waals surface area (Å²) in [4.78, 5) is 11.9. The molecule has 0 saturated carbocycles. The number of hydrogen-bond donors (Lipinski definition) is 0. The van der Waals surface area contributed by atoms with E-state index >= 15 is 0 Å². The second-order valence-corrected chi connectivity index (χ2v) is 6.08. The number of unbranched alkanes of at least 4 members (excludes halogenated alkanes) is 2. The van der Waals surface area contributed by atoms with Gasteiger partial charge in [0, 0.05) is 24.8 Å². The maximum atomic E-state index is 11.9. The van der Waals surface area contributed by atoms with Gasteiger partial charge in [0.2, 0.25) is 0 Å². The molecule has 0 spiro atoms. The molecular formula is C18H22N4O2. The maximum Gasteiger partial charge on any atom is 0.441 e. The Kier molecular flexibility index (Phi) is 4.93. The van der Waals surface area contributed by atoms with Gasteiger partial charge in [-0.15, -0.1) is 0 Å². The van der Waals surface area contributed by atoms with E-state index in [1.165, 1.54) is 5.56 Å². The van der Waals surface area contributed by atoms with Crippen molar-refractivity contribution in [2.75, 3.05) is 0 Å². The Morgan fingerprint density at radius 2 is 1.88 bits per heavy atom. The van der Waals surface area contributed by atoms with Crippen molar-refractivity contribution >= 4 is 0 Å². The molecule has 6 nitrogen and oxygen atoms in total. The van der Waals surface area contributed by atoms with E-state index in [4.69, 9.17) is 4.52 Å². The lowest BCUT2D eigenvalue weighted by atomic mass is 10.1. The fourth-order valence-electron chi connectivity index (χ4n) is 2.79. The fourth-order valence-corrected chi connectivity index (χ4v) is 2.79. The van der Waals surface area contributed by atoms with Gasteiger partial charge in [0.15, 0.2) is 5.82 Å². The lowest BCUT2D eigenvalue weighted by Crippen LogP contribution is -2.16. The van der Waals surface area contributed by atoms with Crippen molar-refractivity contribution in [3.8, 4) is 11.4 Å². The first-order chi connectivity index (χ1) is 11.6. The summed E-state index contributed by atoms with van der Waals surface area (Å²) < 4.78 is 8.46. The summed E-state index contributed by atoms with van der Waals surface area (Å²) in [7, 11) is 0. The van der Waals surface area contributed by atoms with E-state index in [0.29, 0.717) is 12.4 Å². The third-order valence-electron chi connectivity index (χ3n) is 4.10. The zero-order valence-electron chi connectivity index (χ0n) is 14.1. The van der Waals surface area contributed by atoms with Crippen LogP contribution >= 0.6 is 0 Å². The van der Waals surface area contributed by atoms with Gasteiger partial charge >= 0.3 is 5.76 Å². The average Bonchev–Trinajstić information content (AvgIpc) is 3.14. The summed E-state index contributed by atoms with van der Waals surface area (Å²) in [6.45, 7) is 5.56. The highest BCUT2D eigenvalue weighted by molar-refractivity contribution is 5.59. The molecule has 0 radical (unpaired) electrons. The summed E-state index contributed by atoms with van der Waals surface area (Å²) in [6.07, 6.45) is 6.86. The van der Waals surface area contributed by atoms with Crippen molar-refractivity contribution in [2.24, 2.45) is 0 Å². The lowest BCUT2D eigenvalue weighted by molar-refractivity contribution is 0.373. The summed E-state index contributed by atoms with van der Waals surface area (Å²) in [5.41, 5.74) is 3.19. The van der Waals surface area contributed by atoms with Crippen LogP contribution in [0.15, 0.2) is 46.0 Å². The molecule has 24 heavy (non-hydrogen) atoms. The Hall–Kier alpha value is -2.63. The van der Waals surface area contributed by atoms with Gasteiger partial charge in [-0.25, -0.2) is 4.79 Å². The zero-order chi connectivity index (χ0) is 16.9. The first-order valence-corrected chi connectivity index (χ1v) is 8.27. The summed E-state index contributed by atoms with van der Waals surface area (Å²) >= 11 is 0. The van der Waals surface area contributed by atoms with E-state index in [-0.39, 0.29) is 0 Å². The van der Waals surface area contributed by atoms with Crippen LogP contribution in [0.2, 0.25) is 0 Å². The molecule has 0 fully saturated rings. The van der Waals surface area contributed by atoms with Crippen LogP contribution < -0.4 is 5.76 Å². The van der Waals surface area contributed by atoms with Crippen molar-refractivity contribution in [2.45, 2.75) is 46.2 Å². The summed E-state index contributed by atoms with van der Waals surface area (Å²) in [5.74, 6) is 0.219. The van der Waals surface area contributed by atoms with Crippen LogP contribution in [-0.4, -0.2) is 19.5 Å². The van der Waals surface area contributed by atoms with Gasteiger partial charge in [0.1, 0.15) is 0 Å². The van der Waals surface area contributed by atoms with Gasteiger partial charge in [-0.1, -0.05) is 29.4 Å². The molecule has 2 aromatic heterocycles. The first-order valence-electron chi connectivity index (χ1n) is 8.27. The van der Waals surface area contributed by atoms with Crippen LogP contribution in [0.1, 0.15) is 30.4 Å². The molecule has 0 bridgehead atoms. The van der Waals surface area contributed by atoms with Crippen LogP contribution in [-0.2, 0) is 13.1 Å². The van der Waals surface area contributed by atoms with E-state index < -0.39 is 5.76 Å². The van der Waals surface area contributed by atoms with Crippen molar-refractivity contribution in [3.63, 3.8) is 0 Å². The largest absolute Gasteiger partial charge is 0.441 e. The van der Waals surface area contributed by atoms with Gasteiger partial charge in [-0.3, -0.25) is 13.8 Å². The second-order valence-electron chi connectivity index (χ2n) is 6.08. The van der Waals surface area contributed by atoms with Crippen molar-refractivity contribution in [3.05, 3.63) is 58.3 Å². The minimum Gasteiger partial charge on any atom is -0.295 e. The van der Waals surface area contributed by atoms with E-state index in [2.05, 4.69) is 10.3 Å². The third kappa shape index (κ3) is 3.64. The van der Waals surface area contributed by atoms with Crippen LogP contribution in [0, 0.1) is 13.8 Å². The van der Waals surface area contributed by atoms with Gasteiger partial charge in [0.25, 0.3) is 0 Å². The SMILES string of the molecule is Cc1cnn(CCCCCn2c(-c3ccccc3C)noc2=O)c1. The second kappa shape index (κ2) is 7.29. The molecule has 0 aliphatic rings. The molecule has 2 heterocycles. The van der Waals surface area contributed by atoms with Gasteiger partial charge in [-0.05, 0) is 44.2 Å². The number of aromatic nitrogens is 4. The van der Waals surface area contributed by atoms with Crippen LogP contribution in [0.3, 0.4) is 0 Å². The van der Waals surface area contributed by atoms with Crippen LogP contribution in [0.5, 0.6) is 0 Å². The molecule has 3 rings (SSSR count). The Morgan fingerprint density at radius 3 is 2.62 bits per heavy atom. The monoisotopic (exact) mass is 326 g/mol. The molecule has 0 unspecified atom stereocenters. The third-order valence-corrected chi connectivity index (χ3v) is 4.10. The molecule has 1 aromatic carbocycles. The standard InChI is InChI=1S/C18H22N4O2/c1-14-12-19-21(13-14)10-6-3-7-11-22-17(20-24-18(22)23)16-9-5-4-8-15(16)2/h4-5,8-9,12-13H,3,6-7,10-11H2,1-2H3. The smallest absolute Gasteiger partial charge is 0.295 e. The van der Waals surface area contributed by atoms with E-state index in [0.717, 1.165) is 36.9 Å². The molecular weight excluding hydrogens is 304 g/mol. The highest BCUT2D eigenvalue weighted by atomic mass is 16.5. The Bertz CT molecular complexity index is 860. The Labute approximate surface area is 140 Å². The molecule has 126 valence electrons. The Balaban J connectivity index is 1.59. The number of rotatable bonds is 7. The highest BCUT2D eigenvalue weighted by Crippen LogP contribution is 2.20. The first kappa shape index (κ1) is 16.2. The van der Waals surface area contributed by atoms with Crippen LogP contribution in [0.25, 0.3) is 11.4 Å². The summed E-state index contributed by atoms with van der Waals surface area (Å²) in [6, 6.07) is 7.88.